The Morgan fingerprint density at radius 1 is 1.29 bits per heavy atom. The van der Waals surface area contributed by atoms with Gasteiger partial charge in [-0.2, -0.15) is 0 Å². The maximum absolute atomic E-state index is 12.5. The summed E-state index contributed by atoms with van der Waals surface area (Å²) >= 11 is 0. The molecular formula is C13H20N4O4. The van der Waals surface area contributed by atoms with Gasteiger partial charge in [-0.05, 0) is 12.8 Å². The van der Waals surface area contributed by atoms with E-state index in [4.69, 9.17) is 0 Å². The lowest BCUT2D eigenvalue weighted by atomic mass is 9.82. The molecule has 116 valence electrons. The summed E-state index contributed by atoms with van der Waals surface area (Å²) in [5.74, 6) is -0.920. The van der Waals surface area contributed by atoms with Gasteiger partial charge in [0.05, 0.1) is 0 Å². The molecule has 2 fully saturated rings. The minimum absolute atomic E-state index is 0.0548. The van der Waals surface area contributed by atoms with E-state index in [-0.39, 0.29) is 19.1 Å². The summed E-state index contributed by atoms with van der Waals surface area (Å²) in [5, 5.41) is 4.85. The molecule has 0 radical (unpaired) electrons. The van der Waals surface area contributed by atoms with Gasteiger partial charge in [0.1, 0.15) is 5.41 Å². The molecule has 0 aromatic heterocycles. The number of hydrogen-bond acceptors (Lipinski definition) is 4. The Morgan fingerprint density at radius 3 is 2.48 bits per heavy atom. The topological polar surface area (TPSA) is 98.8 Å². The van der Waals surface area contributed by atoms with Gasteiger partial charge >= 0.3 is 12.1 Å². The van der Waals surface area contributed by atoms with Crippen molar-refractivity contribution in [2.45, 2.75) is 25.7 Å². The van der Waals surface area contributed by atoms with Crippen LogP contribution in [0.15, 0.2) is 0 Å². The first-order valence-corrected chi connectivity index (χ1v) is 7.01. The Labute approximate surface area is 122 Å². The van der Waals surface area contributed by atoms with E-state index in [1.807, 2.05) is 0 Å². The molecule has 0 aromatic carbocycles. The number of imide groups is 2. The maximum atomic E-state index is 12.5. The number of rotatable bonds is 3. The monoisotopic (exact) mass is 296 g/mol. The molecular weight excluding hydrogens is 276 g/mol. The van der Waals surface area contributed by atoms with Gasteiger partial charge in [0.15, 0.2) is 0 Å². The van der Waals surface area contributed by atoms with Gasteiger partial charge in [-0.3, -0.25) is 19.8 Å². The van der Waals surface area contributed by atoms with Crippen molar-refractivity contribution >= 4 is 23.9 Å². The van der Waals surface area contributed by atoms with Crippen LogP contribution < -0.4 is 10.6 Å². The van der Waals surface area contributed by atoms with Crippen molar-refractivity contribution in [1.82, 2.24) is 20.4 Å². The van der Waals surface area contributed by atoms with Gasteiger partial charge in [0, 0.05) is 27.2 Å². The Bertz CT molecular complexity index is 483. The molecule has 1 heterocycles. The van der Waals surface area contributed by atoms with Gasteiger partial charge in [-0.15, -0.1) is 0 Å². The van der Waals surface area contributed by atoms with Crippen molar-refractivity contribution < 1.29 is 19.2 Å². The highest BCUT2D eigenvalue weighted by atomic mass is 16.2. The van der Waals surface area contributed by atoms with Gasteiger partial charge in [0.25, 0.3) is 0 Å². The van der Waals surface area contributed by atoms with Crippen LogP contribution in [0.4, 0.5) is 9.59 Å². The van der Waals surface area contributed by atoms with Gasteiger partial charge < -0.3 is 10.2 Å². The van der Waals surface area contributed by atoms with Crippen LogP contribution in [-0.2, 0) is 9.59 Å². The second-order valence-electron chi connectivity index (χ2n) is 5.63. The van der Waals surface area contributed by atoms with Crippen LogP contribution in [0.25, 0.3) is 0 Å². The van der Waals surface area contributed by atoms with E-state index in [0.29, 0.717) is 12.8 Å². The minimum Gasteiger partial charge on any atom is -0.336 e. The second-order valence-corrected chi connectivity index (χ2v) is 5.63. The fourth-order valence-corrected chi connectivity index (χ4v) is 2.79. The number of carbonyl (C=O) groups is 4. The molecule has 1 saturated carbocycles. The zero-order chi connectivity index (χ0) is 15.6. The standard InChI is InChI=1S/C13H20N4O4/c1-16(2)11(20)14-7-8-17-10(19)13(5-3-4-6-13)9(18)15-12(17)21/h3-8H2,1-2H3,(H,14,20)(H,15,18,21). The van der Waals surface area contributed by atoms with Crippen LogP contribution in [0.2, 0.25) is 0 Å². The number of carbonyl (C=O) groups excluding carboxylic acids is 4. The average molecular weight is 296 g/mol. The third kappa shape index (κ3) is 2.70. The number of amides is 6. The van der Waals surface area contributed by atoms with Crippen molar-refractivity contribution in [3.05, 3.63) is 0 Å². The lowest BCUT2D eigenvalue weighted by Crippen LogP contribution is -2.63. The minimum atomic E-state index is -1.08. The van der Waals surface area contributed by atoms with E-state index in [9.17, 15) is 19.2 Å². The first kappa shape index (κ1) is 15.3. The largest absolute Gasteiger partial charge is 0.336 e. The van der Waals surface area contributed by atoms with Crippen LogP contribution in [-0.4, -0.2) is 60.9 Å². The molecule has 1 aliphatic carbocycles. The predicted octanol–water partition coefficient (Wildman–Crippen LogP) is -0.104. The van der Waals surface area contributed by atoms with E-state index < -0.39 is 23.3 Å². The molecule has 8 heteroatoms. The molecule has 1 saturated heterocycles. The Morgan fingerprint density at radius 2 is 1.90 bits per heavy atom. The summed E-state index contributed by atoms with van der Waals surface area (Å²) in [4.78, 5) is 50.1. The van der Waals surface area contributed by atoms with Gasteiger partial charge in [0.2, 0.25) is 11.8 Å². The number of nitrogens with zero attached hydrogens (tertiary/aromatic N) is 2. The zero-order valence-electron chi connectivity index (χ0n) is 12.3. The van der Waals surface area contributed by atoms with E-state index in [2.05, 4.69) is 10.6 Å². The normalized spacial score (nSPS) is 20.7. The summed E-state index contributed by atoms with van der Waals surface area (Å²) in [6, 6.07) is -1.01. The summed E-state index contributed by atoms with van der Waals surface area (Å²) in [5.41, 5.74) is -1.08. The van der Waals surface area contributed by atoms with Crippen LogP contribution >= 0.6 is 0 Å². The van der Waals surface area contributed by atoms with E-state index >= 15 is 0 Å². The summed E-state index contributed by atoms with van der Waals surface area (Å²) in [6.07, 6.45) is 2.56. The fraction of sp³-hybridized carbons (Fsp3) is 0.692. The van der Waals surface area contributed by atoms with Crippen LogP contribution in [0.5, 0.6) is 0 Å². The fourth-order valence-electron chi connectivity index (χ4n) is 2.79. The van der Waals surface area contributed by atoms with Crippen LogP contribution in [0.3, 0.4) is 0 Å². The molecule has 0 unspecified atom stereocenters. The summed E-state index contributed by atoms with van der Waals surface area (Å²) < 4.78 is 0. The quantitative estimate of drug-likeness (QED) is 0.710. The Kier molecular flexibility index (Phi) is 4.15. The highest BCUT2D eigenvalue weighted by molar-refractivity contribution is 6.19. The van der Waals surface area contributed by atoms with Crippen molar-refractivity contribution in [3.8, 4) is 0 Å². The zero-order valence-corrected chi connectivity index (χ0v) is 12.3. The molecule has 1 spiro atoms. The molecule has 2 aliphatic rings. The molecule has 1 aliphatic heterocycles. The lowest BCUT2D eigenvalue weighted by Gasteiger charge is -2.36. The van der Waals surface area contributed by atoms with E-state index in [0.717, 1.165) is 17.7 Å². The Balaban J connectivity index is 2.01. The lowest BCUT2D eigenvalue weighted by molar-refractivity contribution is -0.151. The van der Waals surface area contributed by atoms with Crippen LogP contribution in [0, 0.1) is 5.41 Å². The highest BCUT2D eigenvalue weighted by Crippen LogP contribution is 2.41. The molecule has 21 heavy (non-hydrogen) atoms. The molecule has 0 atom stereocenters. The SMILES string of the molecule is CN(C)C(=O)NCCN1C(=O)NC(=O)C2(CCCC2)C1=O. The summed E-state index contributed by atoms with van der Waals surface area (Å²) in [6.45, 7) is 0.208. The highest BCUT2D eigenvalue weighted by Gasteiger charge is 2.54. The molecule has 8 nitrogen and oxygen atoms in total. The van der Waals surface area contributed by atoms with Crippen molar-refractivity contribution in [2.75, 3.05) is 27.2 Å². The third-order valence-corrected chi connectivity index (χ3v) is 4.03. The van der Waals surface area contributed by atoms with Crippen molar-refractivity contribution in [3.63, 3.8) is 0 Å². The summed E-state index contributed by atoms with van der Waals surface area (Å²) in [7, 11) is 3.19. The van der Waals surface area contributed by atoms with Gasteiger partial charge in [-0.25, -0.2) is 9.59 Å². The molecule has 6 amide bonds. The van der Waals surface area contributed by atoms with Crippen LogP contribution in [0.1, 0.15) is 25.7 Å². The number of urea groups is 2. The van der Waals surface area contributed by atoms with E-state index in [1.54, 1.807) is 14.1 Å². The molecule has 0 aromatic rings. The number of barbiturate groups is 1. The first-order chi connectivity index (χ1) is 9.88. The van der Waals surface area contributed by atoms with Gasteiger partial charge in [-0.1, -0.05) is 12.8 Å². The molecule has 0 bridgehead atoms. The predicted molar refractivity (Wildman–Crippen MR) is 73.2 cm³/mol. The molecule has 2 N–H and O–H groups in total. The number of nitrogens with one attached hydrogen (secondary N) is 2. The van der Waals surface area contributed by atoms with Crippen molar-refractivity contribution in [1.29, 1.82) is 0 Å². The first-order valence-electron chi connectivity index (χ1n) is 7.01. The third-order valence-electron chi connectivity index (χ3n) is 4.03. The maximum Gasteiger partial charge on any atom is 0.330 e. The smallest absolute Gasteiger partial charge is 0.330 e. The average Bonchev–Trinajstić information content (AvgIpc) is 2.91. The van der Waals surface area contributed by atoms with E-state index in [1.165, 1.54) is 4.90 Å². The Hall–Kier alpha value is -2.12. The second kappa shape index (κ2) is 5.71. The number of hydrogen-bond donors (Lipinski definition) is 2. The van der Waals surface area contributed by atoms with Crippen molar-refractivity contribution in [2.24, 2.45) is 5.41 Å². The molecule has 2 rings (SSSR count).